The predicted molar refractivity (Wildman–Crippen MR) is 80.6 cm³/mol. The molecule has 1 aromatic rings. The van der Waals surface area contributed by atoms with Gasteiger partial charge >= 0.3 is 0 Å². The molecule has 3 rings (SSSR count). The van der Waals surface area contributed by atoms with Crippen molar-refractivity contribution < 1.29 is 13.2 Å². The Morgan fingerprint density at radius 1 is 1.48 bits per heavy atom. The highest BCUT2D eigenvalue weighted by Crippen LogP contribution is 2.21. The van der Waals surface area contributed by atoms with Crippen LogP contribution in [0.1, 0.15) is 4.88 Å². The minimum atomic E-state index is -3.51. The molecule has 0 saturated heterocycles. The molecular weight excluding hydrogens is 312 g/mol. The number of nitrogens with zero attached hydrogens (tertiary/aromatic N) is 3. The van der Waals surface area contributed by atoms with Gasteiger partial charge in [-0.2, -0.15) is 0 Å². The number of aryl methyl sites for hydroxylation is 1. The number of sulfonamides is 1. The quantitative estimate of drug-likeness (QED) is 0.872. The number of carbonyl (C=O) groups excluding carboxylic acids is 1. The summed E-state index contributed by atoms with van der Waals surface area (Å²) in [4.78, 5) is 19.0. The van der Waals surface area contributed by atoms with Crippen molar-refractivity contribution in [3.05, 3.63) is 35.0 Å². The van der Waals surface area contributed by atoms with Gasteiger partial charge in [0.05, 0.1) is 11.3 Å². The van der Waals surface area contributed by atoms with E-state index in [0.29, 0.717) is 11.7 Å². The van der Waals surface area contributed by atoms with Gasteiger partial charge in [0.25, 0.3) is 15.9 Å². The lowest BCUT2D eigenvalue weighted by atomic mass is 10.1. The number of anilines is 1. The predicted octanol–water partition coefficient (Wildman–Crippen LogP) is 0.888. The number of aromatic nitrogens is 1. The zero-order chi connectivity index (χ0) is 15.0. The molecule has 0 unspecified atom stereocenters. The largest absolute Gasteiger partial charge is 0.331 e. The van der Waals surface area contributed by atoms with Crippen LogP contribution in [0.4, 0.5) is 5.13 Å². The molecule has 7 nitrogen and oxygen atoms in total. The molecule has 3 heterocycles. The monoisotopic (exact) mass is 324 g/mol. The van der Waals surface area contributed by atoms with Crippen molar-refractivity contribution in [2.24, 2.45) is 4.40 Å². The molecule has 1 N–H and O–H groups in total. The van der Waals surface area contributed by atoms with Crippen molar-refractivity contribution >= 4 is 38.2 Å². The number of amides is 1. The van der Waals surface area contributed by atoms with E-state index >= 15 is 0 Å². The molecule has 0 spiro atoms. The van der Waals surface area contributed by atoms with Crippen LogP contribution in [-0.4, -0.2) is 42.3 Å². The van der Waals surface area contributed by atoms with Gasteiger partial charge in [0.1, 0.15) is 0 Å². The topological polar surface area (TPSA) is 91.7 Å². The van der Waals surface area contributed by atoms with Crippen LogP contribution in [0.3, 0.4) is 0 Å². The number of carbonyl (C=O) groups is 1. The van der Waals surface area contributed by atoms with E-state index < -0.39 is 15.9 Å². The third kappa shape index (κ3) is 2.88. The van der Waals surface area contributed by atoms with Crippen molar-refractivity contribution in [1.82, 2.24) is 9.88 Å². The Labute approximate surface area is 125 Å². The lowest BCUT2D eigenvalue weighted by Gasteiger charge is -2.28. The lowest BCUT2D eigenvalue weighted by molar-refractivity contribution is -0.112. The van der Waals surface area contributed by atoms with Crippen molar-refractivity contribution in [1.29, 1.82) is 0 Å². The van der Waals surface area contributed by atoms with Crippen LogP contribution in [0.15, 0.2) is 34.5 Å². The van der Waals surface area contributed by atoms with Gasteiger partial charge in [0.2, 0.25) is 0 Å². The summed E-state index contributed by atoms with van der Waals surface area (Å²) in [7, 11) is -3.51. The van der Waals surface area contributed by atoms with Gasteiger partial charge in [-0.1, -0.05) is 0 Å². The van der Waals surface area contributed by atoms with E-state index in [1.165, 1.54) is 11.3 Å². The average molecular weight is 324 g/mol. The van der Waals surface area contributed by atoms with Crippen LogP contribution in [0.5, 0.6) is 0 Å². The molecule has 1 aromatic heterocycles. The molecule has 1 amide bonds. The highest BCUT2D eigenvalue weighted by Gasteiger charge is 2.30. The van der Waals surface area contributed by atoms with Crippen LogP contribution >= 0.6 is 11.3 Å². The molecule has 0 bridgehead atoms. The SMILES string of the molecule is Cc1cnc(NC(=O)C2=CC=CN3CCS(=O)(=O)N=C23)s1. The molecule has 0 fully saturated rings. The molecule has 0 aromatic carbocycles. The van der Waals surface area contributed by atoms with E-state index in [2.05, 4.69) is 14.7 Å². The zero-order valence-corrected chi connectivity index (χ0v) is 12.7. The van der Waals surface area contributed by atoms with Crippen molar-refractivity contribution in [3.8, 4) is 0 Å². The first-order valence-electron chi connectivity index (χ1n) is 6.16. The smallest absolute Gasteiger partial charge is 0.261 e. The van der Waals surface area contributed by atoms with Crippen molar-refractivity contribution in [2.75, 3.05) is 17.6 Å². The Bertz CT molecular complexity index is 789. The Kier molecular flexibility index (Phi) is 3.38. The number of hydrogen-bond donors (Lipinski definition) is 1. The van der Waals surface area contributed by atoms with Gasteiger partial charge in [-0.05, 0) is 19.1 Å². The summed E-state index contributed by atoms with van der Waals surface area (Å²) in [5.41, 5.74) is 0.216. The normalized spacial score (nSPS) is 19.6. The fourth-order valence-corrected chi connectivity index (χ4v) is 3.62. The van der Waals surface area contributed by atoms with E-state index in [-0.39, 0.29) is 17.2 Å². The van der Waals surface area contributed by atoms with Gasteiger partial charge in [0, 0.05) is 23.8 Å². The number of fused-ring (bicyclic) bond motifs is 1. The molecule has 2 aliphatic heterocycles. The molecular formula is C12H12N4O3S2. The second kappa shape index (κ2) is 5.08. The van der Waals surface area contributed by atoms with Gasteiger partial charge < -0.3 is 4.90 Å². The first-order chi connectivity index (χ1) is 9.94. The fraction of sp³-hybridized carbons (Fsp3) is 0.250. The van der Waals surface area contributed by atoms with Crippen LogP contribution in [0.2, 0.25) is 0 Å². The molecule has 21 heavy (non-hydrogen) atoms. The highest BCUT2D eigenvalue weighted by molar-refractivity contribution is 7.90. The third-order valence-electron chi connectivity index (χ3n) is 2.94. The summed E-state index contributed by atoms with van der Waals surface area (Å²) in [6.45, 7) is 2.17. The number of allylic oxidation sites excluding steroid dienone is 2. The van der Waals surface area contributed by atoms with E-state index in [0.717, 1.165) is 4.88 Å². The van der Waals surface area contributed by atoms with E-state index in [1.54, 1.807) is 29.4 Å². The van der Waals surface area contributed by atoms with Gasteiger partial charge in [0.15, 0.2) is 11.0 Å². The average Bonchev–Trinajstić information content (AvgIpc) is 2.82. The maximum absolute atomic E-state index is 12.3. The molecule has 110 valence electrons. The summed E-state index contributed by atoms with van der Waals surface area (Å²) in [5, 5.41) is 3.13. The molecule has 9 heteroatoms. The summed E-state index contributed by atoms with van der Waals surface area (Å²) in [6, 6.07) is 0. The van der Waals surface area contributed by atoms with Crippen LogP contribution < -0.4 is 5.32 Å². The summed E-state index contributed by atoms with van der Waals surface area (Å²) >= 11 is 1.35. The zero-order valence-electron chi connectivity index (χ0n) is 11.1. The van der Waals surface area contributed by atoms with E-state index in [1.807, 2.05) is 6.92 Å². The fourth-order valence-electron chi connectivity index (χ4n) is 1.97. The number of amidine groups is 1. The first-order valence-corrected chi connectivity index (χ1v) is 8.59. The second-order valence-corrected chi connectivity index (χ2v) is 7.54. The third-order valence-corrected chi connectivity index (χ3v) is 4.92. The lowest BCUT2D eigenvalue weighted by Crippen LogP contribution is -2.40. The summed E-state index contributed by atoms with van der Waals surface area (Å²) in [6.07, 6.45) is 6.60. The van der Waals surface area contributed by atoms with Crippen LogP contribution in [0, 0.1) is 6.92 Å². The molecule has 0 atom stereocenters. The van der Waals surface area contributed by atoms with Crippen molar-refractivity contribution in [3.63, 3.8) is 0 Å². The highest BCUT2D eigenvalue weighted by atomic mass is 32.2. The van der Waals surface area contributed by atoms with E-state index in [4.69, 9.17) is 0 Å². The Morgan fingerprint density at radius 3 is 3.00 bits per heavy atom. The van der Waals surface area contributed by atoms with Gasteiger partial charge in [-0.25, -0.2) is 13.4 Å². The second-order valence-electron chi connectivity index (χ2n) is 4.55. The van der Waals surface area contributed by atoms with E-state index in [9.17, 15) is 13.2 Å². The minimum absolute atomic E-state index is 0.0542. The standard InChI is InChI=1S/C12H12N4O3S2/c1-8-7-13-12(20-8)14-11(17)9-3-2-4-16-5-6-21(18,19)15-10(9)16/h2-4,7H,5-6H2,1H3,(H,13,14,17). The van der Waals surface area contributed by atoms with Crippen molar-refractivity contribution in [2.45, 2.75) is 6.92 Å². The molecule has 0 aliphatic carbocycles. The molecule has 2 aliphatic rings. The maximum atomic E-state index is 12.3. The summed E-state index contributed by atoms with van der Waals surface area (Å²) < 4.78 is 27.0. The van der Waals surface area contributed by atoms with Crippen LogP contribution in [0.25, 0.3) is 0 Å². The Balaban J connectivity index is 1.90. The number of nitrogens with one attached hydrogen (secondary N) is 1. The van der Waals surface area contributed by atoms with Crippen LogP contribution in [-0.2, 0) is 14.8 Å². The Morgan fingerprint density at radius 2 is 2.29 bits per heavy atom. The minimum Gasteiger partial charge on any atom is -0.331 e. The number of hydrogen-bond acceptors (Lipinski definition) is 6. The van der Waals surface area contributed by atoms with Gasteiger partial charge in [-0.15, -0.1) is 15.7 Å². The number of thiazole rings is 1. The number of rotatable bonds is 2. The summed E-state index contributed by atoms with van der Waals surface area (Å²) in [5.74, 6) is -0.314. The van der Waals surface area contributed by atoms with Gasteiger partial charge in [-0.3, -0.25) is 10.1 Å². The molecule has 0 saturated carbocycles. The first kappa shape index (κ1) is 14.0. The maximum Gasteiger partial charge on any atom is 0.261 e. The molecule has 0 radical (unpaired) electrons. The Hall–Kier alpha value is -2.00.